The van der Waals surface area contributed by atoms with Gasteiger partial charge in [0.1, 0.15) is 4.90 Å². The highest BCUT2D eigenvalue weighted by molar-refractivity contribution is 9.11. The van der Waals surface area contributed by atoms with Gasteiger partial charge >= 0.3 is 0 Å². The highest BCUT2D eigenvalue weighted by atomic mass is 79.9. The smallest absolute Gasteiger partial charge is 0.271 e. The molecule has 2 aromatic rings. The number of nitrogens with zero attached hydrogens (tertiary/aromatic N) is 2. The molecule has 0 bridgehead atoms. The average molecular weight is 393 g/mol. The molecule has 8 nitrogen and oxygen atoms in total. The Bertz CT molecular complexity index is 790. The number of hydrogen-bond donors (Lipinski definition) is 2. The van der Waals surface area contributed by atoms with E-state index < -0.39 is 14.9 Å². The molecule has 0 amide bonds. The van der Waals surface area contributed by atoms with Crippen LogP contribution in [0.15, 0.2) is 33.1 Å². The maximum Gasteiger partial charge on any atom is 0.271 e. The third kappa shape index (κ3) is 3.49. The van der Waals surface area contributed by atoms with E-state index in [9.17, 15) is 18.5 Å². The van der Waals surface area contributed by atoms with Gasteiger partial charge in [-0.25, -0.2) is 13.4 Å². The summed E-state index contributed by atoms with van der Waals surface area (Å²) in [4.78, 5) is 13.9. The summed E-state index contributed by atoms with van der Waals surface area (Å²) in [7, 11) is -2.41. The fourth-order valence-electron chi connectivity index (χ4n) is 1.53. The zero-order valence-corrected chi connectivity index (χ0v) is 13.8. The summed E-state index contributed by atoms with van der Waals surface area (Å²) in [5, 5.41) is 13.6. The van der Waals surface area contributed by atoms with Crippen molar-refractivity contribution in [3.05, 3.63) is 38.3 Å². The van der Waals surface area contributed by atoms with Crippen molar-refractivity contribution >= 4 is 53.8 Å². The first-order chi connectivity index (χ1) is 9.83. The van der Waals surface area contributed by atoms with Gasteiger partial charge in [-0.1, -0.05) is 11.3 Å². The number of hydrogen-bond acceptors (Lipinski definition) is 7. The van der Waals surface area contributed by atoms with Gasteiger partial charge in [0.15, 0.2) is 5.13 Å². The average Bonchev–Trinajstić information content (AvgIpc) is 2.82. The molecule has 21 heavy (non-hydrogen) atoms. The first kappa shape index (κ1) is 15.7. The summed E-state index contributed by atoms with van der Waals surface area (Å²) in [6, 6.07) is 3.47. The second kappa shape index (κ2) is 5.95. The maximum atomic E-state index is 12.3. The van der Waals surface area contributed by atoms with Crippen LogP contribution in [0, 0.1) is 10.1 Å². The standard InChI is InChI=1S/C10H9BrN4O4S2/c1-12-7-4-6(15(16)17)2-3-8(7)21(18,19)14-10-13-5-9(11)20-10/h2-5,12H,1H3,(H,13,14). The van der Waals surface area contributed by atoms with Crippen LogP contribution >= 0.6 is 27.3 Å². The van der Waals surface area contributed by atoms with Crippen LogP contribution in [0.1, 0.15) is 0 Å². The van der Waals surface area contributed by atoms with E-state index in [1.807, 2.05) is 0 Å². The Balaban J connectivity index is 2.42. The molecule has 0 aliphatic carbocycles. The van der Waals surface area contributed by atoms with Gasteiger partial charge in [-0.05, 0) is 22.0 Å². The predicted octanol–water partition coefficient (Wildman–Crippen LogP) is 2.66. The van der Waals surface area contributed by atoms with Gasteiger partial charge in [-0.2, -0.15) is 0 Å². The number of rotatable bonds is 5. The Labute approximate surface area is 132 Å². The van der Waals surface area contributed by atoms with E-state index in [-0.39, 0.29) is 21.4 Å². The van der Waals surface area contributed by atoms with Crippen molar-refractivity contribution in [3.63, 3.8) is 0 Å². The molecule has 11 heteroatoms. The molecule has 0 atom stereocenters. The normalized spacial score (nSPS) is 11.1. The molecule has 0 aliphatic heterocycles. The van der Waals surface area contributed by atoms with Crippen molar-refractivity contribution in [2.75, 3.05) is 17.1 Å². The Morgan fingerprint density at radius 3 is 2.67 bits per heavy atom. The number of benzene rings is 1. The largest absolute Gasteiger partial charge is 0.387 e. The van der Waals surface area contributed by atoms with Crippen molar-refractivity contribution in [1.82, 2.24) is 4.98 Å². The SMILES string of the molecule is CNc1cc([N+](=O)[O-])ccc1S(=O)(=O)Nc1ncc(Br)s1. The van der Waals surface area contributed by atoms with E-state index in [0.29, 0.717) is 3.79 Å². The number of anilines is 2. The molecule has 0 saturated heterocycles. The first-order valence-corrected chi connectivity index (χ1v) is 8.53. The quantitative estimate of drug-likeness (QED) is 0.596. The Hall–Kier alpha value is -1.72. The second-order valence-electron chi connectivity index (χ2n) is 3.76. The third-order valence-electron chi connectivity index (χ3n) is 2.43. The molecular formula is C10H9BrN4O4S2. The van der Waals surface area contributed by atoms with Crippen LogP contribution in [-0.2, 0) is 10.0 Å². The lowest BCUT2D eigenvalue weighted by molar-refractivity contribution is -0.384. The first-order valence-electron chi connectivity index (χ1n) is 5.44. The van der Waals surface area contributed by atoms with Gasteiger partial charge in [0, 0.05) is 19.2 Å². The molecule has 1 aromatic carbocycles. The predicted molar refractivity (Wildman–Crippen MR) is 83.3 cm³/mol. The van der Waals surface area contributed by atoms with Crippen LogP contribution in [0.5, 0.6) is 0 Å². The van der Waals surface area contributed by atoms with E-state index in [1.54, 1.807) is 0 Å². The highest BCUT2D eigenvalue weighted by Crippen LogP contribution is 2.30. The fraction of sp³-hybridized carbons (Fsp3) is 0.100. The molecule has 1 heterocycles. The Morgan fingerprint density at radius 2 is 2.14 bits per heavy atom. The van der Waals surface area contributed by atoms with Crippen LogP contribution < -0.4 is 10.0 Å². The lowest BCUT2D eigenvalue weighted by Gasteiger charge is -2.10. The van der Waals surface area contributed by atoms with Crippen LogP contribution in [0.2, 0.25) is 0 Å². The van der Waals surface area contributed by atoms with Crippen molar-refractivity contribution in [2.45, 2.75) is 4.90 Å². The fourth-order valence-corrected chi connectivity index (χ4v) is 4.08. The molecule has 0 aliphatic rings. The van der Waals surface area contributed by atoms with Crippen molar-refractivity contribution in [3.8, 4) is 0 Å². The van der Waals surface area contributed by atoms with E-state index in [2.05, 4.69) is 31.0 Å². The lowest BCUT2D eigenvalue weighted by atomic mass is 10.3. The Morgan fingerprint density at radius 1 is 1.43 bits per heavy atom. The molecule has 2 N–H and O–H groups in total. The summed E-state index contributed by atoms with van der Waals surface area (Å²) in [6.07, 6.45) is 1.47. The van der Waals surface area contributed by atoms with Crippen LogP contribution in [0.3, 0.4) is 0 Å². The monoisotopic (exact) mass is 392 g/mol. The Kier molecular flexibility index (Phi) is 4.44. The number of aromatic nitrogens is 1. The number of thiazole rings is 1. The summed E-state index contributed by atoms with van der Waals surface area (Å²) >= 11 is 4.30. The number of nitro groups is 1. The molecule has 0 radical (unpaired) electrons. The maximum absolute atomic E-state index is 12.3. The number of sulfonamides is 1. The van der Waals surface area contributed by atoms with E-state index in [0.717, 1.165) is 23.5 Å². The molecule has 0 saturated carbocycles. The van der Waals surface area contributed by atoms with Gasteiger partial charge in [0.25, 0.3) is 15.7 Å². The highest BCUT2D eigenvalue weighted by Gasteiger charge is 2.22. The molecule has 0 spiro atoms. The minimum atomic E-state index is -3.89. The van der Waals surface area contributed by atoms with E-state index in [1.165, 1.54) is 19.3 Å². The van der Waals surface area contributed by atoms with Crippen LogP contribution in [0.4, 0.5) is 16.5 Å². The summed E-state index contributed by atoms with van der Waals surface area (Å²) in [5.74, 6) is 0. The zero-order valence-electron chi connectivity index (χ0n) is 10.5. The molecule has 0 unspecified atom stereocenters. The summed E-state index contributed by atoms with van der Waals surface area (Å²) in [6.45, 7) is 0. The topological polar surface area (TPSA) is 114 Å². The van der Waals surface area contributed by atoms with Gasteiger partial charge in [-0.3, -0.25) is 14.8 Å². The van der Waals surface area contributed by atoms with Crippen LogP contribution in [-0.4, -0.2) is 25.4 Å². The molecule has 2 rings (SSSR count). The van der Waals surface area contributed by atoms with Gasteiger partial charge in [-0.15, -0.1) is 0 Å². The summed E-state index contributed by atoms with van der Waals surface area (Å²) in [5.41, 5.74) is -0.0670. The van der Waals surface area contributed by atoms with Gasteiger partial charge in [0.2, 0.25) is 0 Å². The molecule has 1 aromatic heterocycles. The third-order valence-corrected chi connectivity index (χ3v) is 5.35. The summed E-state index contributed by atoms with van der Waals surface area (Å²) < 4.78 is 27.6. The number of halogens is 1. The lowest BCUT2D eigenvalue weighted by Crippen LogP contribution is -2.14. The number of nitro benzene ring substituents is 1. The van der Waals surface area contributed by atoms with Crippen molar-refractivity contribution < 1.29 is 13.3 Å². The van der Waals surface area contributed by atoms with Crippen LogP contribution in [0.25, 0.3) is 0 Å². The molecule has 0 fully saturated rings. The zero-order chi connectivity index (χ0) is 15.6. The van der Waals surface area contributed by atoms with Gasteiger partial charge < -0.3 is 5.32 Å². The minimum absolute atomic E-state index is 0.0954. The number of non-ortho nitro benzene ring substituents is 1. The van der Waals surface area contributed by atoms with E-state index >= 15 is 0 Å². The van der Waals surface area contributed by atoms with Crippen molar-refractivity contribution in [2.24, 2.45) is 0 Å². The minimum Gasteiger partial charge on any atom is -0.387 e. The number of nitrogens with one attached hydrogen (secondary N) is 2. The van der Waals surface area contributed by atoms with Crippen molar-refractivity contribution in [1.29, 1.82) is 0 Å². The van der Waals surface area contributed by atoms with Gasteiger partial charge in [0.05, 0.1) is 20.6 Å². The molecular weight excluding hydrogens is 384 g/mol. The second-order valence-corrected chi connectivity index (χ2v) is 7.82. The molecule has 112 valence electrons. The van der Waals surface area contributed by atoms with E-state index in [4.69, 9.17) is 0 Å².